The first-order valence-corrected chi connectivity index (χ1v) is 4.78. The molecule has 0 saturated carbocycles. The number of alkyl halides is 3. The van der Waals surface area contributed by atoms with Crippen molar-refractivity contribution in [1.82, 2.24) is 9.97 Å². The molecule has 90 valence electrons. The third kappa shape index (κ3) is 3.25. The molecule has 4 nitrogen and oxygen atoms in total. The first-order valence-electron chi connectivity index (χ1n) is 4.78. The molecule has 2 N–H and O–H groups in total. The van der Waals surface area contributed by atoms with Crippen molar-refractivity contribution >= 4 is 5.95 Å². The normalized spacial score (nSPS) is 13.6. The molecule has 16 heavy (non-hydrogen) atoms. The maximum atomic E-state index is 12.3. The lowest BCUT2D eigenvalue weighted by molar-refractivity contribution is -0.141. The van der Waals surface area contributed by atoms with E-state index >= 15 is 0 Å². The van der Waals surface area contributed by atoms with Crippen LogP contribution < -0.4 is 10.9 Å². The van der Waals surface area contributed by atoms with Gasteiger partial charge >= 0.3 is 6.18 Å². The van der Waals surface area contributed by atoms with Gasteiger partial charge in [0, 0.05) is 12.1 Å². The molecule has 1 rings (SSSR count). The zero-order valence-corrected chi connectivity index (χ0v) is 8.85. The van der Waals surface area contributed by atoms with E-state index in [9.17, 15) is 18.0 Å². The number of H-pyrrole nitrogens is 1. The van der Waals surface area contributed by atoms with E-state index in [1.807, 2.05) is 6.92 Å². The van der Waals surface area contributed by atoms with Gasteiger partial charge in [0.15, 0.2) is 5.69 Å². The molecule has 0 aromatic carbocycles. The van der Waals surface area contributed by atoms with Crippen LogP contribution in [0, 0.1) is 0 Å². The first kappa shape index (κ1) is 12.5. The second-order valence-electron chi connectivity index (χ2n) is 3.43. The summed E-state index contributed by atoms with van der Waals surface area (Å²) in [6, 6.07) is 0.369. The molecule has 0 amide bonds. The predicted molar refractivity (Wildman–Crippen MR) is 53.2 cm³/mol. The Labute approximate surface area is 89.9 Å². The summed E-state index contributed by atoms with van der Waals surface area (Å²) in [6.45, 7) is 3.64. The number of hydrogen-bond acceptors (Lipinski definition) is 3. The van der Waals surface area contributed by atoms with Gasteiger partial charge in [0.1, 0.15) is 0 Å². The summed E-state index contributed by atoms with van der Waals surface area (Å²) in [5, 5.41) is 2.68. The molecule has 0 radical (unpaired) electrons. The number of aromatic nitrogens is 2. The van der Waals surface area contributed by atoms with Gasteiger partial charge in [-0.25, -0.2) is 4.98 Å². The maximum absolute atomic E-state index is 12.3. The van der Waals surface area contributed by atoms with Crippen LogP contribution in [0.5, 0.6) is 0 Å². The summed E-state index contributed by atoms with van der Waals surface area (Å²) in [7, 11) is 0. The SMILES string of the molecule is CCC(C)Nc1nc(C(F)(F)F)cc(=O)[nH]1. The van der Waals surface area contributed by atoms with Gasteiger partial charge in [0.25, 0.3) is 5.56 Å². The van der Waals surface area contributed by atoms with Gasteiger partial charge in [-0.2, -0.15) is 13.2 Å². The van der Waals surface area contributed by atoms with Gasteiger partial charge in [0.2, 0.25) is 5.95 Å². The minimum atomic E-state index is -4.61. The molecule has 1 unspecified atom stereocenters. The highest BCUT2D eigenvalue weighted by atomic mass is 19.4. The zero-order valence-electron chi connectivity index (χ0n) is 8.85. The Morgan fingerprint density at radius 3 is 2.69 bits per heavy atom. The van der Waals surface area contributed by atoms with Crippen LogP contribution in [0.1, 0.15) is 26.0 Å². The Bertz CT molecular complexity index is 413. The van der Waals surface area contributed by atoms with Crippen LogP contribution >= 0.6 is 0 Å². The number of anilines is 1. The first-order chi connectivity index (χ1) is 7.32. The maximum Gasteiger partial charge on any atom is 0.433 e. The molecular weight excluding hydrogens is 223 g/mol. The molecule has 1 atom stereocenters. The van der Waals surface area contributed by atoms with Crippen LogP contribution in [0.4, 0.5) is 19.1 Å². The summed E-state index contributed by atoms with van der Waals surface area (Å²) >= 11 is 0. The lowest BCUT2D eigenvalue weighted by atomic mass is 10.3. The fourth-order valence-electron chi connectivity index (χ4n) is 1.01. The highest BCUT2D eigenvalue weighted by Gasteiger charge is 2.33. The molecule has 1 aromatic heterocycles. The summed E-state index contributed by atoms with van der Waals surface area (Å²) in [5.41, 5.74) is -2.02. The lowest BCUT2D eigenvalue weighted by Gasteiger charge is -2.13. The standard InChI is InChI=1S/C9H12F3N3O/c1-3-5(2)13-8-14-6(9(10,11)12)4-7(16)15-8/h4-5H,3H2,1-2H3,(H2,13,14,15,16). The Morgan fingerprint density at radius 1 is 1.56 bits per heavy atom. The van der Waals surface area contributed by atoms with Crippen molar-refractivity contribution in [2.24, 2.45) is 0 Å². The van der Waals surface area contributed by atoms with Gasteiger partial charge < -0.3 is 5.32 Å². The summed E-state index contributed by atoms with van der Waals surface area (Å²) in [6.07, 6.45) is -3.90. The fourth-order valence-corrected chi connectivity index (χ4v) is 1.01. The zero-order chi connectivity index (χ0) is 12.3. The molecular formula is C9H12F3N3O. The molecule has 0 fully saturated rings. The van der Waals surface area contributed by atoms with Crippen molar-refractivity contribution < 1.29 is 13.2 Å². The average molecular weight is 235 g/mol. The fraction of sp³-hybridized carbons (Fsp3) is 0.556. The molecule has 0 aliphatic rings. The Hall–Kier alpha value is -1.53. The van der Waals surface area contributed by atoms with Crippen molar-refractivity contribution in [3.8, 4) is 0 Å². The molecule has 0 aliphatic heterocycles. The number of halogens is 3. The Morgan fingerprint density at radius 2 is 2.19 bits per heavy atom. The number of nitrogens with zero attached hydrogens (tertiary/aromatic N) is 1. The van der Waals surface area contributed by atoms with Crippen LogP contribution in [-0.2, 0) is 6.18 Å². The summed E-state index contributed by atoms with van der Waals surface area (Å²) in [5.74, 6) is -0.158. The molecule has 0 bridgehead atoms. The topological polar surface area (TPSA) is 57.8 Å². The van der Waals surface area contributed by atoms with Crippen LogP contribution in [0.3, 0.4) is 0 Å². The Kier molecular flexibility index (Phi) is 3.56. The minimum Gasteiger partial charge on any atom is -0.353 e. The van der Waals surface area contributed by atoms with Crippen LogP contribution in [0.15, 0.2) is 10.9 Å². The number of nitrogens with one attached hydrogen (secondary N) is 2. The number of rotatable bonds is 3. The third-order valence-electron chi connectivity index (χ3n) is 2.03. The second-order valence-corrected chi connectivity index (χ2v) is 3.43. The monoisotopic (exact) mass is 235 g/mol. The highest BCUT2D eigenvalue weighted by Crippen LogP contribution is 2.26. The minimum absolute atomic E-state index is 0.0633. The third-order valence-corrected chi connectivity index (χ3v) is 2.03. The Balaban J connectivity index is 3.04. The molecule has 0 saturated heterocycles. The van der Waals surface area contributed by atoms with Crippen LogP contribution in [-0.4, -0.2) is 16.0 Å². The second kappa shape index (κ2) is 4.54. The number of hydrogen-bond donors (Lipinski definition) is 2. The molecule has 7 heteroatoms. The van der Waals surface area contributed by atoms with E-state index in [-0.39, 0.29) is 12.0 Å². The summed E-state index contributed by atoms with van der Waals surface area (Å²) in [4.78, 5) is 16.5. The van der Waals surface area contributed by atoms with Crippen molar-refractivity contribution in [3.63, 3.8) is 0 Å². The van der Waals surface area contributed by atoms with E-state index in [0.717, 1.165) is 0 Å². The quantitative estimate of drug-likeness (QED) is 0.842. The van der Waals surface area contributed by atoms with Gasteiger partial charge in [-0.15, -0.1) is 0 Å². The highest BCUT2D eigenvalue weighted by molar-refractivity contribution is 5.27. The van der Waals surface area contributed by atoms with E-state index in [1.165, 1.54) is 0 Å². The smallest absolute Gasteiger partial charge is 0.353 e. The van der Waals surface area contributed by atoms with Crippen LogP contribution in [0.2, 0.25) is 0 Å². The van der Waals surface area contributed by atoms with Crippen molar-refractivity contribution in [2.75, 3.05) is 5.32 Å². The van der Waals surface area contributed by atoms with E-state index in [4.69, 9.17) is 0 Å². The van der Waals surface area contributed by atoms with E-state index in [1.54, 1.807) is 6.92 Å². The molecule has 0 aliphatic carbocycles. The molecule has 1 aromatic rings. The van der Waals surface area contributed by atoms with Crippen molar-refractivity contribution in [2.45, 2.75) is 32.5 Å². The van der Waals surface area contributed by atoms with Gasteiger partial charge in [-0.1, -0.05) is 6.92 Å². The largest absolute Gasteiger partial charge is 0.433 e. The van der Waals surface area contributed by atoms with E-state index in [0.29, 0.717) is 12.5 Å². The van der Waals surface area contributed by atoms with Crippen molar-refractivity contribution in [3.05, 3.63) is 22.1 Å². The van der Waals surface area contributed by atoms with Gasteiger partial charge in [-0.3, -0.25) is 9.78 Å². The van der Waals surface area contributed by atoms with E-state index in [2.05, 4.69) is 15.3 Å². The lowest BCUT2D eigenvalue weighted by Crippen LogP contribution is -2.22. The summed E-state index contributed by atoms with van der Waals surface area (Å²) < 4.78 is 37.0. The van der Waals surface area contributed by atoms with Gasteiger partial charge in [0.05, 0.1) is 0 Å². The number of aromatic amines is 1. The molecule has 1 heterocycles. The van der Waals surface area contributed by atoms with Gasteiger partial charge in [-0.05, 0) is 13.3 Å². The van der Waals surface area contributed by atoms with E-state index < -0.39 is 17.4 Å². The van der Waals surface area contributed by atoms with Crippen molar-refractivity contribution in [1.29, 1.82) is 0 Å². The van der Waals surface area contributed by atoms with Crippen LogP contribution in [0.25, 0.3) is 0 Å². The average Bonchev–Trinajstić information content (AvgIpc) is 2.15. The predicted octanol–water partition coefficient (Wildman–Crippen LogP) is 2.00. The molecule has 0 spiro atoms.